The van der Waals surface area contributed by atoms with E-state index >= 15 is 0 Å². The largest absolute Gasteiger partial charge is 0.496 e. The van der Waals surface area contributed by atoms with E-state index in [0.717, 1.165) is 55.6 Å². The van der Waals surface area contributed by atoms with Gasteiger partial charge in [0.1, 0.15) is 5.75 Å². The number of nitrogens with zero attached hydrogens (tertiary/aromatic N) is 3. The molecular formula is C29H39ClN4O2. The van der Waals surface area contributed by atoms with E-state index in [1.807, 2.05) is 32.0 Å². The summed E-state index contributed by atoms with van der Waals surface area (Å²) < 4.78 is 11.2. The molecule has 36 heavy (non-hydrogen) atoms. The molecule has 194 valence electrons. The maximum Gasteiger partial charge on any atom is 0.240 e. The highest BCUT2D eigenvalue weighted by Gasteiger charge is 2.44. The summed E-state index contributed by atoms with van der Waals surface area (Å²) in [5.74, 6) is 3.05. The van der Waals surface area contributed by atoms with Crippen molar-refractivity contribution in [1.82, 2.24) is 20.4 Å². The Hall–Kier alpha value is -2.41. The number of methoxy groups -OCH3 is 1. The van der Waals surface area contributed by atoms with Gasteiger partial charge in [0.05, 0.1) is 19.1 Å². The van der Waals surface area contributed by atoms with Crippen LogP contribution in [-0.2, 0) is 12.0 Å². The Morgan fingerprint density at radius 3 is 2.47 bits per heavy atom. The lowest BCUT2D eigenvalue weighted by Crippen LogP contribution is -2.38. The smallest absolute Gasteiger partial charge is 0.240 e. The van der Waals surface area contributed by atoms with Crippen molar-refractivity contribution < 1.29 is 9.26 Å². The molecule has 1 saturated carbocycles. The van der Waals surface area contributed by atoms with Gasteiger partial charge in [-0.15, -0.1) is 0 Å². The second-order valence-electron chi connectivity index (χ2n) is 9.49. The molecule has 0 bridgehead atoms. The molecular weight excluding hydrogens is 472 g/mol. The van der Waals surface area contributed by atoms with Crippen LogP contribution in [0.2, 0.25) is 5.02 Å². The third-order valence-corrected chi connectivity index (χ3v) is 7.80. The fourth-order valence-electron chi connectivity index (χ4n) is 5.37. The van der Waals surface area contributed by atoms with Crippen LogP contribution in [0, 0.1) is 0 Å². The number of likely N-dealkylation sites (tertiary alicyclic amines) is 1. The Kier molecular flexibility index (Phi) is 9.41. The molecule has 0 atom stereocenters. The minimum absolute atomic E-state index is 0.127. The Morgan fingerprint density at radius 2 is 1.81 bits per heavy atom. The number of para-hydroxylation sites is 1. The van der Waals surface area contributed by atoms with Gasteiger partial charge in [0.2, 0.25) is 5.89 Å². The van der Waals surface area contributed by atoms with Crippen LogP contribution in [0.5, 0.6) is 5.75 Å². The van der Waals surface area contributed by atoms with Gasteiger partial charge >= 0.3 is 0 Å². The summed E-state index contributed by atoms with van der Waals surface area (Å²) in [6, 6.07) is 16.5. The normalized spacial score (nSPS) is 17.7. The topological polar surface area (TPSA) is 63.4 Å². The predicted molar refractivity (Wildman–Crippen MR) is 145 cm³/mol. The van der Waals surface area contributed by atoms with Crippen molar-refractivity contribution in [2.45, 2.75) is 63.8 Å². The van der Waals surface area contributed by atoms with Gasteiger partial charge in [-0.1, -0.05) is 67.4 Å². The molecule has 2 fully saturated rings. The quantitative estimate of drug-likeness (QED) is 0.346. The summed E-state index contributed by atoms with van der Waals surface area (Å²) in [6.45, 7) is 8.74. The molecule has 1 N–H and O–H groups in total. The maximum absolute atomic E-state index is 6.08. The van der Waals surface area contributed by atoms with E-state index in [0.29, 0.717) is 18.4 Å². The minimum atomic E-state index is -0.127. The summed E-state index contributed by atoms with van der Waals surface area (Å²) in [6.07, 6.45) is 5.61. The van der Waals surface area contributed by atoms with Crippen molar-refractivity contribution in [1.29, 1.82) is 0 Å². The first-order chi connectivity index (χ1) is 17.7. The molecule has 2 aromatic carbocycles. The first-order valence-corrected chi connectivity index (χ1v) is 13.7. The lowest BCUT2D eigenvalue weighted by molar-refractivity contribution is 0.210. The van der Waals surface area contributed by atoms with Crippen molar-refractivity contribution in [3.63, 3.8) is 0 Å². The molecule has 2 heterocycles. The molecule has 1 aliphatic carbocycles. The average Bonchev–Trinajstić information content (AvgIpc) is 3.37. The molecule has 0 radical (unpaired) electrons. The van der Waals surface area contributed by atoms with Crippen LogP contribution in [-0.4, -0.2) is 48.3 Å². The Bertz CT molecular complexity index is 1070. The number of benzene rings is 2. The second kappa shape index (κ2) is 12.7. The summed E-state index contributed by atoms with van der Waals surface area (Å²) in [4.78, 5) is 7.28. The van der Waals surface area contributed by atoms with Crippen molar-refractivity contribution in [3.8, 4) is 5.75 Å². The molecule has 1 aromatic heterocycles. The number of halogens is 1. The fourth-order valence-corrected chi connectivity index (χ4v) is 5.49. The van der Waals surface area contributed by atoms with Crippen molar-refractivity contribution in [3.05, 3.63) is 76.4 Å². The Labute approximate surface area is 220 Å². The highest BCUT2D eigenvalue weighted by atomic mass is 35.5. The van der Waals surface area contributed by atoms with Crippen LogP contribution < -0.4 is 10.1 Å². The number of ether oxygens (including phenoxy) is 1. The number of nitrogens with one attached hydrogen (secondary N) is 1. The van der Waals surface area contributed by atoms with E-state index in [-0.39, 0.29) is 5.41 Å². The maximum atomic E-state index is 6.08. The third kappa shape index (κ3) is 5.93. The average molecular weight is 511 g/mol. The van der Waals surface area contributed by atoms with Crippen LogP contribution in [0.4, 0.5) is 0 Å². The van der Waals surface area contributed by atoms with Crippen LogP contribution in [0.1, 0.15) is 74.7 Å². The van der Waals surface area contributed by atoms with Gasteiger partial charge in [0.25, 0.3) is 0 Å². The van der Waals surface area contributed by atoms with Crippen LogP contribution in [0.15, 0.2) is 53.1 Å². The zero-order valence-electron chi connectivity index (χ0n) is 21.8. The van der Waals surface area contributed by atoms with Crippen LogP contribution >= 0.6 is 11.6 Å². The number of rotatable bonds is 9. The summed E-state index contributed by atoms with van der Waals surface area (Å²) >= 11 is 6.08. The van der Waals surface area contributed by atoms with Gasteiger partial charge < -0.3 is 19.5 Å². The zero-order chi connectivity index (χ0) is 25.4. The number of piperidine rings is 1. The first-order valence-electron chi connectivity index (χ1n) is 13.3. The summed E-state index contributed by atoms with van der Waals surface area (Å²) in [5, 5.41) is 8.58. The third-order valence-electron chi connectivity index (χ3n) is 7.55. The van der Waals surface area contributed by atoms with E-state index in [1.165, 1.54) is 30.4 Å². The van der Waals surface area contributed by atoms with Gasteiger partial charge in [-0.3, -0.25) is 0 Å². The molecule has 0 amide bonds. The molecule has 7 heteroatoms. The SMILES string of the molecule is CC.COc1ccccc1C1CCN(CCNCc2nc(C3(c4ccc(Cl)cc4)CCC3)no2)CC1. The summed E-state index contributed by atoms with van der Waals surface area (Å²) in [7, 11) is 1.76. The predicted octanol–water partition coefficient (Wildman–Crippen LogP) is 6.20. The van der Waals surface area contributed by atoms with E-state index < -0.39 is 0 Å². The van der Waals surface area contributed by atoms with Gasteiger partial charge in [-0.05, 0) is 74.0 Å². The number of hydrogen-bond donors (Lipinski definition) is 1. The first kappa shape index (κ1) is 26.6. The Balaban J connectivity index is 0.00000148. The van der Waals surface area contributed by atoms with Crippen LogP contribution in [0.25, 0.3) is 0 Å². The molecule has 2 aliphatic rings. The lowest BCUT2D eigenvalue weighted by atomic mass is 9.64. The molecule has 3 aromatic rings. The molecule has 0 unspecified atom stereocenters. The fraction of sp³-hybridized carbons (Fsp3) is 0.517. The molecule has 5 rings (SSSR count). The van der Waals surface area contributed by atoms with E-state index in [1.54, 1.807) is 7.11 Å². The molecule has 0 spiro atoms. The molecule has 6 nitrogen and oxygen atoms in total. The van der Waals surface area contributed by atoms with Gasteiger partial charge in [0, 0.05) is 18.1 Å². The number of aromatic nitrogens is 2. The standard InChI is InChI=1S/C27H33ClN4O2.C2H6/c1-33-24-6-3-2-5-23(24)20-11-16-32(17-12-20)18-15-29-19-25-30-26(31-34-25)27(13-4-14-27)21-7-9-22(28)10-8-21;1-2/h2-3,5-10,20,29H,4,11-19H2,1H3;1-2H3. The van der Waals surface area contributed by atoms with E-state index in [4.69, 9.17) is 25.8 Å². The van der Waals surface area contributed by atoms with Gasteiger partial charge in [0.15, 0.2) is 5.82 Å². The minimum Gasteiger partial charge on any atom is -0.496 e. The highest BCUT2D eigenvalue weighted by molar-refractivity contribution is 6.30. The summed E-state index contributed by atoms with van der Waals surface area (Å²) in [5.41, 5.74) is 2.44. The Morgan fingerprint density at radius 1 is 1.08 bits per heavy atom. The monoisotopic (exact) mass is 510 g/mol. The van der Waals surface area contributed by atoms with E-state index in [9.17, 15) is 0 Å². The lowest BCUT2D eigenvalue weighted by Gasteiger charge is -2.39. The van der Waals surface area contributed by atoms with Crippen molar-refractivity contribution >= 4 is 11.6 Å². The van der Waals surface area contributed by atoms with Gasteiger partial charge in [-0.2, -0.15) is 4.98 Å². The van der Waals surface area contributed by atoms with Crippen molar-refractivity contribution in [2.24, 2.45) is 0 Å². The van der Waals surface area contributed by atoms with Gasteiger partial charge in [-0.25, -0.2) is 0 Å². The van der Waals surface area contributed by atoms with Crippen molar-refractivity contribution in [2.75, 3.05) is 33.3 Å². The van der Waals surface area contributed by atoms with E-state index in [2.05, 4.69) is 45.7 Å². The van der Waals surface area contributed by atoms with Crippen LogP contribution in [0.3, 0.4) is 0 Å². The second-order valence-corrected chi connectivity index (χ2v) is 9.93. The number of hydrogen-bond acceptors (Lipinski definition) is 6. The zero-order valence-corrected chi connectivity index (χ0v) is 22.6. The highest BCUT2D eigenvalue weighted by Crippen LogP contribution is 2.47. The molecule has 1 aliphatic heterocycles. The molecule has 1 saturated heterocycles.